The highest BCUT2D eigenvalue weighted by Crippen LogP contribution is 2.40. The number of hydrogen-bond donors (Lipinski definition) is 0. The van der Waals surface area contributed by atoms with E-state index >= 15 is 0 Å². The van der Waals surface area contributed by atoms with Gasteiger partial charge in [-0.05, 0) is 18.2 Å². The SMILES string of the molecule is COc1ccccc1-c1nc(-c2cc(Cl)sc2Cl)cs1. The van der Waals surface area contributed by atoms with Crippen LogP contribution in [0.15, 0.2) is 35.7 Å². The molecule has 3 aromatic rings. The highest BCUT2D eigenvalue weighted by atomic mass is 35.5. The van der Waals surface area contributed by atoms with Gasteiger partial charge in [-0.25, -0.2) is 4.98 Å². The van der Waals surface area contributed by atoms with Crippen LogP contribution in [-0.2, 0) is 0 Å². The summed E-state index contributed by atoms with van der Waals surface area (Å²) in [6, 6.07) is 9.66. The van der Waals surface area contributed by atoms with Gasteiger partial charge in [0, 0.05) is 10.9 Å². The molecule has 2 heterocycles. The largest absolute Gasteiger partial charge is 0.496 e. The van der Waals surface area contributed by atoms with Gasteiger partial charge >= 0.3 is 0 Å². The molecule has 0 unspecified atom stereocenters. The fraction of sp³-hybridized carbons (Fsp3) is 0.0714. The first-order chi connectivity index (χ1) is 9.69. The Morgan fingerprint density at radius 2 is 1.95 bits per heavy atom. The first kappa shape index (κ1) is 13.9. The Bertz CT molecular complexity index is 751. The van der Waals surface area contributed by atoms with Crippen LogP contribution < -0.4 is 4.74 Å². The number of ether oxygens (including phenoxy) is 1. The molecule has 0 N–H and O–H groups in total. The quantitative estimate of drug-likeness (QED) is 0.595. The predicted octanol–water partition coefficient (Wildman–Crippen LogP) is 5.85. The zero-order valence-electron chi connectivity index (χ0n) is 10.4. The minimum absolute atomic E-state index is 0.659. The molecule has 1 aromatic carbocycles. The van der Waals surface area contributed by atoms with E-state index in [9.17, 15) is 0 Å². The highest BCUT2D eigenvalue weighted by molar-refractivity contribution is 7.20. The van der Waals surface area contributed by atoms with E-state index in [4.69, 9.17) is 27.9 Å². The van der Waals surface area contributed by atoms with Crippen LogP contribution in [-0.4, -0.2) is 12.1 Å². The van der Waals surface area contributed by atoms with Gasteiger partial charge in [0.05, 0.1) is 22.7 Å². The molecular formula is C14H9Cl2NOS2. The normalized spacial score (nSPS) is 10.8. The van der Waals surface area contributed by atoms with Gasteiger partial charge < -0.3 is 4.74 Å². The fourth-order valence-electron chi connectivity index (χ4n) is 1.86. The Morgan fingerprint density at radius 1 is 1.15 bits per heavy atom. The van der Waals surface area contributed by atoms with Crippen LogP contribution in [0.2, 0.25) is 8.67 Å². The number of halogens is 2. The molecule has 2 nitrogen and oxygen atoms in total. The van der Waals surface area contributed by atoms with Crippen molar-refractivity contribution in [2.45, 2.75) is 0 Å². The number of methoxy groups -OCH3 is 1. The first-order valence-corrected chi connectivity index (χ1v) is 8.18. The zero-order valence-corrected chi connectivity index (χ0v) is 13.5. The van der Waals surface area contributed by atoms with Crippen LogP contribution in [0.1, 0.15) is 0 Å². The maximum Gasteiger partial charge on any atom is 0.129 e. The van der Waals surface area contributed by atoms with Crippen LogP contribution in [0.4, 0.5) is 0 Å². The van der Waals surface area contributed by atoms with Crippen LogP contribution in [0, 0.1) is 0 Å². The fourth-order valence-corrected chi connectivity index (χ4v) is 4.19. The molecule has 6 heteroatoms. The average Bonchev–Trinajstić information content (AvgIpc) is 3.05. The lowest BCUT2D eigenvalue weighted by Crippen LogP contribution is -1.86. The van der Waals surface area contributed by atoms with E-state index in [0.717, 1.165) is 27.6 Å². The van der Waals surface area contributed by atoms with Gasteiger partial charge in [0.15, 0.2) is 0 Å². The number of thiazole rings is 1. The minimum Gasteiger partial charge on any atom is -0.496 e. The molecular weight excluding hydrogens is 333 g/mol. The van der Waals surface area contributed by atoms with E-state index < -0.39 is 0 Å². The number of para-hydroxylation sites is 1. The summed E-state index contributed by atoms with van der Waals surface area (Å²) in [5.41, 5.74) is 2.69. The smallest absolute Gasteiger partial charge is 0.129 e. The van der Waals surface area contributed by atoms with Crippen LogP contribution in [0.25, 0.3) is 21.8 Å². The van der Waals surface area contributed by atoms with Crippen molar-refractivity contribution in [3.8, 4) is 27.6 Å². The zero-order chi connectivity index (χ0) is 14.1. The summed E-state index contributed by atoms with van der Waals surface area (Å²) >= 11 is 15.0. The summed E-state index contributed by atoms with van der Waals surface area (Å²) in [4.78, 5) is 4.64. The van der Waals surface area contributed by atoms with Crippen LogP contribution >= 0.6 is 45.9 Å². The van der Waals surface area contributed by atoms with Gasteiger partial charge in [-0.3, -0.25) is 0 Å². The summed E-state index contributed by atoms with van der Waals surface area (Å²) in [6.07, 6.45) is 0. The molecule has 0 aliphatic heterocycles. The van der Waals surface area contributed by atoms with E-state index in [2.05, 4.69) is 4.98 Å². The summed E-state index contributed by atoms with van der Waals surface area (Å²) < 4.78 is 6.69. The van der Waals surface area contributed by atoms with Crippen molar-refractivity contribution < 1.29 is 4.74 Å². The molecule has 0 aliphatic carbocycles. The summed E-state index contributed by atoms with van der Waals surface area (Å²) in [5.74, 6) is 0.808. The maximum absolute atomic E-state index is 6.17. The van der Waals surface area contributed by atoms with Crippen LogP contribution in [0.3, 0.4) is 0 Å². The Balaban J connectivity index is 2.04. The number of benzene rings is 1. The lowest BCUT2D eigenvalue weighted by molar-refractivity contribution is 0.416. The molecule has 3 rings (SSSR count). The van der Waals surface area contributed by atoms with Crippen molar-refractivity contribution >= 4 is 45.9 Å². The average molecular weight is 342 g/mol. The van der Waals surface area contributed by atoms with Gasteiger partial charge in [0.1, 0.15) is 15.1 Å². The number of rotatable bonds is 3. The van der Waals surface area contributed by atoms with Crippen molar-refractivity contribution in [3.63, 3.8) is 0 Å². The van der Waals surface area contributed by atoms with Gasteiger partial charge in [0.25, 0.3) is 0 Å². The Hall–Kier alpha value is -1.07. The molecule has 0 saturated carbocycles. The van der Waals surface area contributed by atoms with E-state index in [1.54, 1.807) is 18.4 Å². The van der Waals surface area contributed by atoms with Crippen molar-refractivity contribution in [2.24, 2.45) is 0 Å². The standard InChI is InChI=1S/C14H9Cl2NOS2/c1-18-11-5-3-2-4-8(11)14-17-10(7-19-14)9-6-12(15)20-13(9)16/h2-7H,1H3. The van der Waals surface area contributed by atoms with E-state index in [0.29, 0.717) is 8.67 Å². The van der Waals surface area contributed by atoms with Crippen molar-refractivity contribution in [3.05, 3.63) is 44.4 Å². The number of hydrogen-bond acceptors (Lipinski definition) is 4. The molecule has 0 saturated heterocycles. The third-order valence-electron chi connectivity index (χ3n) is 2.77. The van der Waals surface area contributed by atoms with Crippen molar-refractivity contribution in [1.29, 1.82) is 0 Å². The molecule has 0 aliphatic rings. The predicted molar refractivity (Wildman–Crippen MR) is 87.4 cm³/mol. The van der Waals surface area contributed by atoms with Gasteiger partial charge in [-0.2, -0.15) is 0 Å². The lowest BCUT2D eigenvalue weighted by atomic mass is 10.2. The van der Waals surface area contributed by atoms with Crippen LogP contribution in [0.5, 0.6) is 5.75 Å². The second-order valence-electron chi connectivity index (χ2n) is 3.98. The molecule has 20 heavy (non-hydrogen) atoms. The van der Waals surface area contributed by atoms with Crippen molar-refractivity contribution in [1.82, 2.24) is 4.98 Å². The molecule has 0 fully saturated rings. The topological polar surface area (TPSA) is 22.1 Å². The lowest BCUT2D eigenvalue weighted by Gasteiger charge is -2.04. The van der Waals surface area contributed by atoms with E-state index in [1.807, 2.05) is 35.7 Å². The first-order valence-electron chi connectivity index (χ1n) is 5.73. The summed E-state index contributed by atoms with van der Waals surface area (Å²) in [5, 5.41) is 2.88. The number of thiophene rings is 1. The number of nitrogens with zero attached hydrogens (tertiary/aromatic N) is 1. The third-order valence-corrected chi connectivity index (χ3v) is 5.14. The molecule has 0 bridgehead atoms. The van der Waals surface area contributed by atoms with E-state index in [-0.39, 0.29) is 0 Å². The second kappa shape index (κ2) is 5.74. The minimum atomic E-state index is 0.659. The molecule has 0 amide bonds. The summed E-state index contributed by atoms with van der Waals surface area (Å²) in [7, 11) is 1.66. The second-order valence-corrected chi connectivity index (χ2v) is 7.12. The molecule has 2 aromatic heterocycles. The Morgan fingerprint density at radius 3 is 2.65 bits per heavy atom. The molecule has 0 radical (unpaired) electrons. The summed E-state index contributed by atoms with van der Waals surface area (Å²) in [6.45, 7) is 0. The Kier molecular flexibility index (Phi) is 3.98. The van der Waals surface area contributed by atoms with Gasteiger partial charge in [-0.15, -0.1) is 22.7 Å². The molecule has 0 spiro atoms. The monoisotopic (exact) mass is 341 g/mol. The molecule has 102 valence electrons. The molecule has 0 atom stereocenters. The highest BCUT2D eigenvalue weighted by Gasteiger charge is 2.14. The number of aromatic nitrogens is 1. The van der Waals surface area contributed by atoms with Gasteiger partial charge in [-0.1, -0.05) is 35.3 Å². The van der Waals surface area contributed by atoms with Gasteiger partial charge in [0.2, 0.25) is 0 Å². The Labute approximate surface area is 134 Å². The van der Waals surface area contributed by atoms with E-state index in [1.165, 1.54) is 11.3 Å². The third kappa shape index (κ3) is 2.56. The maximum atomic E-state index is 6.17. The van der Waals surface area contributed by atoms with Crippen molar-refractivity contribution in [2.75, 3.05) is 7.11 Å².